The Morgan fingerprint density at radius 3 is 2.65 bits per heavy atom. The average molecular weight is 589 g/mol. The number of anilines is 3. The number of nitrogens with two attached hydrogens (primary N) is 1. The largest absolute Gasteiger partial charge is 0.416 e. The van der Waals surface area contributed by atoms with Crippen LogP contribution in [0.4, 0.5) is 35.2 Å². The second-order valence-electron chi connectivity index (χ2n) is 10.6. The van der Waals surface area contributed by atoms with E-state index < -0.39 is 17.8 Å². The zero-order valence-corrected chi connectivity index (χ0v) is 23.5. The van der Waals surface area contributed by atoms with Crippen LogP contribution in [0.3, 0.4) is 0 Å². The molecule has 222 valence electrons. The lowest BCUT2D eigenvalue weighted by Gasteiger charge is -2.20. The molecule has 9 nitrogen and oxygen atoms in total. The lowest BCUT2D eigenvalue weighted by molar-refractivity contribution is -0.137. The summed E-state index contributed by atoms with van der Waals surface area (Å²) in [7, 11) is 0. The van der Waals surface area contributed by atoms with Gasteiger partial charge in [0.15, 0.2) is 0 Å². The Hall–Kier alpha value is -4.68. The fourth-order valence-corrected chi connectivity index (χ4v) is 5.64. The summed E-state index contributed by atoms with van der Waals surface area (Å²) in [6.45, 7) is 6.52. The molecule has 2 aromatic heterocycles. The number of aryl methyl sites for hydroxylation is 1. The molecule has 43 heavy (non-hydrogen) atoms. The molecule has 5 N–H and O–H groups in total. The number of amides is 2. The van der Waals surface area contributed by atoms with Crippen LogP contribution in [0, 0.1) is 6.92 Å². The van der Waals surface area contributed by atoms with E-state index in [1.165, 1.54) is 12.1 Å². The van der Waals surface area contributed by atoms with Crippen LogP contribution in [0.1, 0.15) is 23.5 Å². The Labute approximate surface area is 245 Å². The second-order valence-corrected chi connectivity index (χ2v) is 10.6. The SMILES string of the molecule is Cc1nc(-c2ccc(NC(=O)Nc3cccc(C(F)(F)F)c3)c3ccccc23)c2c(N)ncc(CN3CCCNCC3)n12. The fraction of sp³-hybridized carbons (Fsp3) is 0.258. The molecule has 0 atom stereocenters. The van der Waals surface area contributed by atoms with Crippen molar-refractivity contribution >= 4 is 39.5 Å². The molecule has 1 fully saturated rings. The predicted octanol–water partition coefficient (Wildman–Crippen LogP) is 5.90. The number of nitrogens with zero attached hydrogens (tertiary/aromatic N) is 4. The van der Waals surface area contributed by atoms with Gasteiger partial charge in [-0.2, -0.15) is 13.2 Å². The molecule has 12 heteroatoms. The number of rotatable bonds is 5. The minimum absolute atomic E-state index is 0.0309. The Bertz CT molecular complexity index is 1810. The molecule has 1 saturated heterocycles. The van der Waals surface area contributed by atoms with Crippen molar-refractivity contribution in [3.8, 4) is 11.3 Å². The molecule has 2 amide bonds. The van der Waals surface area contributed by atoms with Gasteiger partial charge in [-0.1, -0.05) is 36.4 Å². The average Bonchev–Trinajstić information content (AvgIpc) is 3.14. The Balaban J connectivity index is 1.34. The number of halogens is 3. The van der Waals surface area contributed by atoms with Crippen LogP contribution in [0.2, 0.25) is 0 Å². The first-order valence-electron chi connectivity index (χ1n) is 14.0. The van der Waals surface area contributed by atoms with E-state index in [0.717, 1.165) is 78.1 Å². The van der Waals surface area contributed by atoms with Gasteiger partial charge in [0, 0.05) is 36.3 Å². The topological polar surface area (TPSA) is 113 Å². The number of hydrogen-bond acceptors (Lipinski definition) is 6. The summed E-state index contributed by atoms with van der Waals surface area (Å²) in [5, 5.41) is 10.3. The lowest BCUT2D eigenvalue weighted by Crippen LogP contribution is -2.28. The molecule has 0 aliphatic carbocycles. The number of benzene rings is 3. The molecule has 6 rings (SSSR count). The van der Waals surface area contributed by atoms with E-state index in [4.69, 9.17) is 10.7 Å². The number of alkyl halides is 3. The quantitative estimate of drug-likeness (QED) is 0.204. The van der Waals surface area contributed by atoms with Crippen molar-refractivity contribution in [2.75, 3.05) is 42.5 Å². The highest BCUT2D eigenvalue weighted by atomic mass is 19.4. The molecular weight excluding hydrogens is 557 g/mol. The summed E-state index contributed by atoms with van der Waals surface area (Å²) in [4.78, 5) is 24.7. The van der Waals surface area contributed by atoms with E-state index in [1.54, 1.807) is 6.07 Å². The Morgan fingerprint density at radius 1 is 1.02 bits per heavy atom. The van der Waals surface area contributed by atoms with Crippen molar-refractivity contribution in [2.24, 2.45) is 0 Å². The van der Waals surface area contributed by atoms with Gasteiger partial charge < -0.3 is 21.7 Å². The second kappa shape index (κ2) is 11.5. The molecule has 1 aliphatic rings. The summed E-state index contributed by atoms with van der Waals surface area (Å²) in [5.74, 6) is 1.15. The van der Waals surface area contributed by atoms with Gasteiger partial charge in [0.1, 0.15) is 22.9 Å². The number of carbonyl (C=O) groups is 1. The van der Waals surface area contributed by atoms with Gasteiger partial charge in [-0.25, -0.2) is 14.8 Å². The smallest absolute Gasteiger partial charge is 0.382 e. The summed E-state index contributed by atoms with van der Waals surface area (Å²) < 4.78 is 41.4. The molecule has 5 aromatic rings. The highest BCUT2D eigenvalue weighted by Gasteiger charge is 2.30. The highest BCUT2D eigenvalue weighted by Crippen LogP contribution is 2.37. The fourth-order valence-electron chi connectivity index (χ4n) is 5.64. The van der Waals surface area contributed by atoms with Crippen LogP contribution >= 0.6 is 0 Å². The lowest BCUT2D eigenvalue weighted by atomic mass is 10.00. The van der Waals surface area contributed by atoms with E-state index in [1.807, 2.05) is 43.5 Å². The van der Waals surface area contributed by atoms with Gasteiger partial charge in [0.05, 0.1) is 23.1 Å². The van der Waals surface area contributed by atoms with Crippen molar-refractivity contribution < 1.29 is 18.0 Å². The normalized spacial score (nSPS) is 14.6. The van der Waals surface area contributed by atoms with E-state index in [-0.39, 0.29) is 5.69 Å². The number of imidazole rings is 1. The van der Waals surface area contributed by atoms with Crippen LogP contribution in [-0.2, 0) is 12.7 Å². The number of nitrogen functional groups attached to an aromatic ring is 1. The summed E-state index contributed by atoms with van der Waals surface area (Å²) in [5.41, 5.74) is 9.34. The standard InChI is InChI=1S/C31H31F3N8O/c1-19-38-27(28-29(35)37-17-22(42(19)28)18-41-14-5-12-36-13-15-41)25-10-11-26(24-9-3-2-8-23(24)25)40-30(43)39-21-7-4-6-20(16-21)31(32,33)34/h2-4,6-11,16-17,36H,5,12-15,18H2,1H3,(H2,35,37)(H2,39,40,43). The van der Waals surface area contributed by atoms with E-state index in [9.17, 15) is 18.0 Å². The van der Waals surface area contributed by atoms with Crippen LogP contribution in [0.15, 0.2) is 66.9 Å². The van der Waals surface area contributed by atoms with Crippen LogP contribution in [0.5, 0.6) is 0 Å². The maximum absolute atomic E-state index is 13.1. The summed E-state index contributed by atoms with van der Waals surface area (Å²) >= 11 is 0. The third-order valence-electron chi connectivity index (χ3n) is 7.62. The number of hydrogen-bond donors (Lipinski definition) is 4. The monoisotopic (exact) mass is 588 g/mol. The minimum atomic E-state index is -4.51. The molecule has 1 aliphatic heterocycles. The van der Waals surface area contributed by atoms with Crippen molar-refractivity contribution in [1.82, 2.24) is 24.6 Å². The molecule has 0 saturated carbocycles. The first-order valence-corrected chi connectivity index (χ1v) is 14.0. The number of aromatic nitrogens is 3. The third-order valence-corrected chi connectivity index (χ3v) is 7.62. The molecule has 0 unspecified atom stereocenters. The van der Waals surface area contributed by atoms with Gasteiger partial charge in [-0.15, -0.1) is 0 Å². The van der Waals surface area contributed by atoms with Gasteiger partial charge in [0.2, 0.25) is 0 Å². The van der Waals surface area contributed by atoms with Crippen molar-refractivity contribution in [3.05, 3.63) is 83.9 Å². The first-order chi connectivity index (χ1) is 20.7. The zero-order valence-electron chi connectivity index (χ0n) is 23.5. The van der Waals surface area contributed by atoms with Gasteiger partial charge in [-0.3, -0.25) is 9.30 Å². The maximum atomic E-state index is 13.1. The van der Waals surface area contributed by atoms with Crippen LogP contribution in [0.25, 0.3) is 27.5 Å². The number of fused-ring (bicyclic) bond motifs is 2. The zero-order chi connectivity index (χ0) is 30.1. The Morgan fingerprint density at radius 2 is 1.84 bits per heavy atom. The van der Waals surface area contributed by atoms with Crippen molar-refractivity contribution in [1.29, 1.82) is 0 Å². The Kier molecular flexibility index (Phi) is 7.63. The highest BCUT2D eigenvalue weighted by molar-refractivity contribution is 6.10. The predicted molar refractivity (Wildman–Crippen MR) is 162 cm³/mol. The molecule has 0 radical (unpaired) electrons. The van der Waals surface area contributed by atoms with Crippen molar-refractivity contribution in [2.45, 2.75) is 26.1 Å². The van der Waals surface area contributed by atoms with E-state index >= 15 is 0 Å². The number of urea groups is 1. The minimum Gasteiger partial charge on any atom is -0.382 e. The molecule has 3 aromatic carbocycles. The molecule has 3 heterocycles. The number of nitrogens with one attached hydrogen (secondary N) is 3. The van der Waals surface area contributed by atoms with E-state index in [2.05, 4.69) is 30.2 Å². The molecular formula is C31H31F3N8O. The summed E-state index contributed by atoms with van der Waals surface area (Å²) in [6.07, 6.45) is -1.63. The third kappa shape index (κ3) is 5.84. The van der Waals surface area contributed by atoms with Gasteiger partial charge >= 0.3 is 12.2 Å². The van der Waals surface area contributed by atoms with Gasteiger partial charge in [-0.05, 0) is 56.1 Å². The van der Waals surface area contributed by atoms with Gasteiger partial charge in [0.25, 0.3) is 0 Å². The van der Waals surface area contributed by atoms with Crippen LogP contribution < -0.4 is 21.7 Å². The van der Waals surface area contributed by atoms with Crippen LogP contribution in [-0.4, -0.2) is 51.5 Å². The molecule has 0 spiro atoms. The molecule has 0 bridgehead atoms. The number of carbonyl (C=O) groups excluding carboxylic acids is 1. The summed E-state index contributed by atoms with van der Waals surface area (Å²) in [6, 6.07) is 15.0. The van der Waals surface area contributed by atoms with E-state index in [0.29, 0.717) is 23.7 Å². The maximum Gasteiger partial charge on any atom is 0.416 e. The van der Waals surface area contributed by atoms with Crippen molar-refractivity contribution in [3.63, 3.8) is 0 Å². The first kappa shape index (κ1) is 28.4.